The molecule has 4 aromatic rings. The molecule has 0 atom stereocenters. The standard InChI is InChI=1S/C26H17F3N2O2S/c1-32-15-7-9-19-17(11-15)21-23(30-19)22-18-12-16(33-2)8-10-20(18)31-25(22)34-24(21)13-3-5-14(6-4-13)26(27,28)29/h3-12,30H,1-2H3. The summed E-state index contributed by atoms with van der Waals surface area (Å²) in [5.41, 5.74) is 3.58. The number of nitrogens with zero attached hydrogens (tertiary/aromatic N) is 1. The number of hydrogen-bond donors (Lipinski definition) is 1. The number of methoxy groups -OCH3 is 2. The Hall–Kier alpha value is -3.78. The van der Waals surface area contributed by atoms with Gasteiger partial charge in [0.25, 0.3) is 0 Å². The Bertz CT molecular complexity index is 1670. The molecule has 34 heavy (non-hydrogen) atoms. The van der Waals surface area contributed by atoms with Crippen LogP contribution in [0.5, 0.6) is 11.5 Å². The maximum Gasteiger partial charge on any atom is 0.416 e. The molecule has 0 bridgehead atoms. The van der Waals surface area contributed by atoms with E-state index in [1.807, 2.05) is 36.4 Å². The van der Waals surface area contributed by atoms with Gasteiger partial charge in [-0.15, -0.1) is 11.3 Å². The summed E-state index contributed by atoms with van der Waals surface area (Å²) < 4.78 is 50.4. The third-order valence-electron chi connectivity index (χ3n) is 6.06. The Balaban J connectivity index is 1.74. The molecule has 0 spiro atoms. The molecule has 0 amide bonds. The Labute approximate surface area is 195 Å². The quantitative estimate of drug-likeness (QED) is 0.283. The normalized spacial score (nSPS) is 12.3. The van der Waals surface area contributed by atoms with Crippen LogP contribution in [0, 0.1) is 0 Å². The zero-order valence-electron chi connectivity index (χ0n) is 18.1. The lowest BCUT2D eigenvalue weighted by atomic mass is 10.0. The molecule has 0 saturated heterocycles. The van der Waals surface area contributed by atoms with Crippen molar-refractivity contribution in [3.8, 4) is 32.5 Å². The third-order valence-corrected chi connectivity index (χ3v) is 7.20. The van der Waals surface area contributed by atoms with Gasteiger partial charge in [0.15, 0.2) is 0 Å². The van der Waals surface area contributed by atoms with Crippen LogP contribution in [0.3, 0.4) is 0 Å². The highest BCUT2D eigenvalue weighted by molar-refractivity contribution is 7.19. The number of aromatic amines is 1. The molecule has 3 aromatic carbocycles. The fourth-order valence-corrected chi connectivity index (χ4v) is 5.64. The first-order valence-corrected chi connectivity index (χ1v) is 11.3. The van der Waals surface area contributed by atoms with Crippen LogP contribution in [-0.2, 0) is 6.18 Å². The van der Waals surface area contributed by atoms with Gasteiger partial charge in [0.05, 0.1) is 30.8 Å². The van der Waals surface area contributed by atoms with Gasteiger partial charge in [-0.1, -0.05) is 12.1 Å². The Kier molecular flexibility index (Phi) is 4.50. The highest BCUT2D eigenvalue weighted by Gasteiger charge is 2.30. The highest BCUT2D eigenvalue weighted by atomic mass is 32.1. The lowest BCUT2D eigenvalue weighted by Gasteiger charge is -2.11. The predicted molar refractivity (Wildman–Crippen MR) is 129 cm³/mol. The summed E-state index contributed by atoms with van der Waals surface area (Å²) in [6, 6.07) is 16.8. The second kappa shape index (κ2) is 7.36. The lowest BCUT2D eigenvalue weighted by Crippen LogP contribution is -2.03. The summed E-state index contributed by atoms with van der Waals surface area (Å²) in [5, 5.41) is 3.60. The van der Waals surface area contributed by atoms with Gasteiger partial charge in [-0.25, -0.2) is 4.98 Å². The Morgan fingerprint density at radius 2 is 1.53 bits per heavy atom. The van der Waals surface area contributed by atoms with E-state index in [-0.39, 0.29) is 0 Å². The van der Waals surface area contributed by atoms with Crippen molar-refractivity contribution in [1.82, 2.24) is 9.97 Å². The second-order valence-corrected chi connectivity index (χ2v) is 8.97. The van der Waals surface area contributed by atoms with E-state index in [9.17, 15) is 13.2 Å². The van der Waals surface area contributed by atoms with E-state index >= 15 is 0 Å². The van der Waals surface area contributed by atoms with Gasteiger partial charge in [-0.3, -0.25) is 0 Å². The SMILES string of the molecule is COc1ccc2nc3sc(-c4ccc(C(F)(F)F)cc4)c4c([nH]c5ccc(OC)cc54)c-3c2c1. The van der Waals surface area contributed by atoms with Crippen molar-refractivity contribution in [2.24, 2.45) is 0 Å². The molecular formula is C26H17F3N2O2S. The lowest BCUT2D eigenvalue weighted by molar-refractivity contribution is -0.137. The van der Waals surface area contributed by atoms with E-state index in [1.165, 1.54) is 23.5 Å². The predicted octanol–water partition coefficient (Wildman–Crippen LogP) is 7.74. The third kappa shape index (κ3) is 3.09. The molecule has 6 rings (SSSR count). The minimum Gasteiger partial charge on any atom is -0.497 e. The fraction of sp³-hybridized carbons (Fsp3) is 0.115. The molecule has 8 heteroatoms. The molecule has 2 aliphatic heterocycles. The molecule has 0 radical (unpaired) electrons. The minimum absolute atomic E-state index is 0.677. The van der Waals surface area contributed by atoms with Crippen molar-refractivity contribution in [2.45, 2.75) is 6.18 Å². The first-order chi connectivity index (χ1) is 16.4. The Morgan fingerprint density at radius 1 is 0.853 bits per heavy atom. The molecule has 1 N–H and O–H groups in total. The number of halogens is 3. The number of benzene rings is 3. The van der Waals surface area contributed by atoms with Crippen LogP contribution in [0.2, 0.25) is 0 Å². The number of H-pyrrole nitrogens is 1. The molecule has 170 valence electrons. The number of nitrogens with one attached hydrogen (secondary N) is 1. The molecule has 4 nitrogen and oxygen atoms in total. The van der Waals surface area contributed by atoms with E-state index in [0.717, 1.165) is 66.0 Å². The molecule has 0 saturated carbocycles. The summed E-state index contributed by atoms with van der Waals surface area (Å²) in [5.74, 6) is 1.42. The smallest absolute Gasteiger partial charge is 0.416 e. The van der Waals surface area contributed by atoms with Crippen molar-refractivity contribution in [3.63, 3.8) is 0 Å². The van der Waals surface area contributed by atoms with E-state index in [4.69, 9.17) is 14.5 Å². The molecule has 0 unspecified atom stereocenters. The zero-order valence-corrected chi connectivity index (χ0v) is 18.9. The van der Waals surface area contributed by atoms with Crippen LogP contribution in [0.15, 0.2) is 60.7 Å². The van der Waals surface area contributed by atoms with Crippen LogP contribution in [0.25, 0.3) is 53.7 Å². The van der Waals surface area contributed by atoms with Crippen LogP contribution >= 0.6 is 11.3 Å². The van der Waals surface area contributed by atoms with Crippen molar-refractivity contribution < 1.29 is 22.6 Å². The van der Waals surface area contributed by atoms with Gasteiger partial charge in [-0.05, 0) is 54.1 Å². The summed E-state index contributed by atoms with van der Waals surface area (Å²) in [7, 11) is 3.23. The van der Waals surface area contributed by atoms with Gasteiger partial charge >= 0.3 is 6.18 Å². The number of aromatic nitrogens is 2. The summed E-state index contributed by atoms with van der Waals surface area (Å²) in [6.45, 7) is 0. The van der Waals surface area contributed by atoms with Gasteiger partial charge in [0, 0.05) is 32.1 Å². The molecule has 0 aliphatic carbocycles. The molecular weight excluding hydrogens is 461 g/mol. The topological polar surface area (TPSA) is 47.1 Å². The van der Waals surface area contributed by atoms with Crippen LogP contribution in [-0.4, -0.2) is 24.2 Å². The summed E-state index contributed by atoms with van der Waals surface area (Å²) >= 11 is 1.46. The van der Waals surface area contributed by atoms with Gasteiger partial charge in [0.2, 0.25) is 0 Å². The number of fused-ring (bicyclic) bond motifs is 7. The molecule has 1 aromatic heterocycles. The fourth-order valence-electron chi connectivity index (χ4n) is 4.42. The number of rotatable bonds is 3. The van der Waals surface area contributed by atoms with E-state index < -0.39 is 11.7 Å². The monoisotopic (exact) mass is 478 g/mol. The van der Waals surface area contributed by atoms with Crippen molar-refractivity contribution in [3.05, 3.63) is 66.2 Å². The van der Waals surface area contributed by atoms with Gasteiger partial charge in [-0.2, -0.15) is 13.2 Å². The average molecular weight is 478 g/mol. The molecule has 2 aliphatic rings. The maximum atomic E-state index is 13.2. The van der Waals surface area contributed by atoms with Crippen LogP contribution < -0.4 is 9.47 Å². The summed E-state index contributed by atoms with van der Waals surface area (Å²) in [6.07, 6.45) is -4.39. The number of hydrogen-bond acceptors (Lipinski definition) is 4. The van der Waals surface area contributed by atoms with Crippen molar-refractivity contribution >= 4 is 44.0 Å². The largest absolute Gasteiger partial charge is 0.497 e. The maximum absolute atomic E-state index is 13.2. The number of alkyl halides is 3. The second-order valence-electron chi connectivity index (χ2n) is 7.97. The number of ether oxygens (including phenoxy) is 2. The molecule has 3 heterocycles. The van der Waals surface area contributed by atoms with E-state index in [1.54, 1.807) is 14.2 Å². The van der Waals surface area contributed by atoms with E-state index in [0.29, 0.717) is 11.3 Å². The molecule has 0 fully saturated rings. The zero-order chi connectivity index (χ0) is 23.6. The van der Waals surface area contributed by atoms with Crippen molar-refractivity contribution in [1.29, 1.82) is 0 Å². The van der Waals surface area contributed by atoms with Gasteiger partial charge in [0.1, 0.15) is 16.5 Å². The Morgan fingerprint density at radius 3 is 2.21 bits per heavy atom. The average Bonchev–Trinajstić information content (AvgIpc) is 3.40. The minimum atomic E-state index is -4.39. The first-order valence-electron chi connectivity index (χ1n) is 10.4. The van der Waals surface area contributed by atoms with Crippen LogP contribution in [0.1, 0.15) is 5.56 Å². The van der Waals surface area contributed by atoms with Crippen molar-refractivity contribution in [2.75, 3.05) is 14.2 Å². The van der Waals surface area contributed by atoms with Crippen LogP contribution in [0.4, 0.5) is 13.2 Å². The summed E-state index contributed by atoms with van der Waals surface area (Å²) in [4.78, 5) is 9.19. The van der Waals surface area contributed by atoms with E-state index in [2.05, 4.69) is 4.98 Å². The van der Waals surface area contributed by atoms with Gasteiger partial charge < -0.3 is 14.5 Å². The first kappa shape index (κ1) is 20.8. The highest BCUT2D eigenvalue weighted by Crippen LogP contribution is 2.49.